The zero-order chi connectivity index (χ0) is 7.56. The number of carbonyl (C=O) groups excluding carboxylic acids is 1. The monoisotopic (exact) mass is 157 g/mol. The number of aromatic hydroxyl groups is 1. The van der Waals surface area contributed by atoms with E-state index in [-0.39, 0.29) is 16.5 Å². The van der Waals surface area contributed by atoms with Gasteiger partial charge in [0.15, 0.2) is 6.29 Å². The van der Waals surface area contributed by atoms with Crippen molar-refractivity contribution in [1.29, 1.82) is 0 Å². The van der Waals surface area contributed by atoms with Gasteiger partial charge < -0.3 is 5.11 Å². The van der Waals surface area contributed by atoms with Crippen molar-refractivity contribution in [2.24, 2.45) is 0 Å². The topological polar surface area (TPSA) is 50.2 Å². The summed E-state index contributed by atoms with van der Waals surface area (Å²) >= 11 is 5.43. The van der Waals surface area contributed by atoms with Crippen LogP contribution in [-0.4, -0.2) is 16.4 Å². The first kappa shape index (κ1) is 7.02. The Kier molecular flexibility index (Phi) is 1.87. The summed E-state index contributed by atoms with van der Waals surface area (Å²) in [6, 6.07) is 1.30. The van der Waals surface area contributed by atoms with E-state index in [9.17, 15) is 4.79 Å². The van der Waals surface area contributed by atoms with Crippen LogP contribution < -0.4 is 0 Å². The second kappa shape index (κ2) is 2.66. The Morgan fingerprint density at radius 3 is 2.80 bits per heavy atom. The molecule has 1 N–H and O–H groups in total. The van der Waals surface area contributed by atoms with Crippen molar-refractivity contribution in [3.63, 3.8) is 0 Å². The predicted octanol–water partition coefficient (Wildman–Crippen LogP) is 1.25. The van der Waals surface area contributed by atoms with Gasteiger partial charge in [-0.2, -0.15) is 0 Å². The van der Waals surface area contributed by atoms with Crippen LogP contribution in [0.15, 0.2) is 12.3 Å². The highest BCUT2D eigenvalue weighted by molar-refractivity contribution is 6.32. The van der Waals surface area contributed by atoms with Crippen LogP contribution in [0.25, 0.3) is 0 Å². The van der Waals surface area contributed by atoms with Gasteiger partial charge in [0.05, 0.1) is 5.56 Å². The summed E-state index contributed by atoms with van der Waals surface area (Å²) in [4.78, 5) is 13.7. The van der Waals surface area contributed by atoms with Crippen LogP contribution in [0.5, 0.6) is 5.75 Å². The maximum Gasteiger partial charge on any atom is 0.156 e. The van der Waals surface area contributed by atoms with E-state index >= 15 is 0 Å². The lowest BCUT2D eigenvalue weighted by Crippen LogP contribution is -1.85. The second-order valence-corrected chi connectivity index (χ2v) is 2.01. The van der Waals surface area contributed by atoms with E-state index in [0.29, 0.717) is 6.29 Å². The number of hydrogen-bond acceptors (Lipinski definition) is 3. The number of aromatic nitrogens is 1. The Hall–Kier alpha value is -1.09. The van der Waals surface area contributed by atoms with E-state index in [4.69, 9.17) is 16.7 Å². The molecule has 0 unspecified atom stereocenters. The molecular formula is C6H4ClNO2. The van der Waals surface area contributed by atoms with E-state index in [1.807, 2.05) is 0 Å². The number of hydrogen-bond donors (Lipinski definition) is 1. The fourth-order valence-corrected chi connectivity index (χ4v) is 0.745. The van der Waals surface area contributed by atoms with Crippen molar-refractivity contribution < 1.29 is 9.90 Å². The molecule has 0 spiro atoms. The maximum absolute atomic E-state index is 10.2. The van der Waals surface area contributed by atoms with Crippen molar-refractivity contribution in [3.05, 3.63) is 23.0 Å². The molecule has 1 aromatic heterocycles. The second-order valence-electron chi connectivity index (χ2n) is 1.65. The molecule has 0 aromatic carbocycles. The minimum atomic E-state index is -0.144. The molecule has 0 amide bonds. The van der Waals surface area contributed by atoms with Crippen molar-refractivity contribution in [2.45, 2.75) is 0 Å². The number of nitrogens with zero attached hydrogens (tertiary/aromatic N) is 1. The lowest BCUT2D eigenvalue weighted by molar-refractivity contribution is 0.112. The highest BCUT2D eigenvalue weighted by Crippen LogP contribution is 2.19. The van der Waals surface area contributed by atoms with Gasteiger partial charge in [0.25, 0.3) is 0 Å². The Balaban J connectivity index is 3.30. The minimum Gasteiger partial charge on any atom is -0.507 e. The van der Waals surface area contributed by atoms with Crippen LogP contribution in [0.4, 0.5) is 0 Å². The fourth-order valence-electron chi connectivity index (χ4n) is 0.547. The van der Waals surface area contributed by atoms with Crippen molar-refractivity contribution in [2.75, 3.05) is 0 Å². The summed E-state index contributed by atoms with van der Waals surface area (Å²) in [6.45, 7) is 0. The van der Waals surface area contributed by atoms with Crippen LogP contribution in [-0.2, 0) is 0 Å². The molecule has 52 valence electrons. The smallest absolute Gasteiger partial charge is 0.156 e. The Morgan fingerprint density at radius 2 is 2.40 bits per heavy atom. The quantitative estimate of drug-likeness (QED) is 0.493. The van der Waals surface area contributed by atoms with E-state index < -0.39 is 0 Å². The van der Waals surface area contributed by atoms with E-state index in [0.717, 1.165) is 0 Å². The molecule has 0 fully saturated rings. The predicted molar refractivity (Wildman–Crippen MR) is 36.3 cm³/mol. The minimum absolute atomic E-state index is 0.0231. The van der Waals surface area contributed by atoms with E-state index in [1.54, 1.807) is 0 Å². The summed E-state index contributed by atoms with van der Waals surface area (Å²) in [5.74, 6) is -0.144. The molecule has 1 heterocycles. The standard InChI is InChI=1S/C6H4ClNO2/c7-6-4(3-9)5(10)1-2-8-6/h1-3H,(H,8,10). The third-order valence-electron chi connectivity index (χ3n) is 1.04. The number of rotatable bonds is 1. The summed E-state index contributed by atoms with van der Waals surface area (Å²) < 4.78 is 0. The molecule has 10 heavy (non-hydrogen) atoms. The number of pyridine rings is 1. The first-order valence-corrected chi connectivity index (χ1v) is 2.92. The van der Waals surface area contributed by atoms with Gasteiger partial charge in [0, 0.05) is 6.20 Å². The van der Waals surface area contributed by atoms with Gasteiger partial charge in [-0.05, 0) is 6.07 Å². The average Bonchev–Trinajstić information content (AvgIpc) is 1.88. The van der Waals surface area contributed by atoms with Gasteiger partial charge in [0.2, 0.25) is 0 Å². The summed E-state index contributed by atoms with van der Waals surface area (Å²) in [7, 11) is 0. The third kappa shape index (κ3) is 1.09. The number of aldehydes is 1. The van der Waals surface area contributed by atoms with Crippen molar-refractivity contribution in [3.8, 4) is 5.75 Å². The molecule has 0 atom stereocenters. The molecular weight excluding hydrogens is 154 g/mol. The van der Waals surface area contributed by atoms with E-state index in [2.05, 4.69) is 4.98 Å². The Bertz CT molecular complexity index is 242. The first-order valence-electron chi connectivity index (χ1n) is 2.54. The fraction of sp³-hybridized carbons (Fsp3) is 0. The molecule has 0 aliphatic rings. The van der Waals surface area contributed by atoms with Gasteiger partial charge in [0.1, 0.15) is 10.9 Å². The highest BCUT2D eigenvalue weighted by Gasteiger charge is 2.03. The van der Waals surface area contributed by atoms with E-state index in [1.165, 1.54) is 12.3 Å². The summed E-state index contributed by atoms with van der Waals surface area (Å²) in [5, 5.41) is 8.96. The average molecular weight is 158 g/mol. The molecule has 4 heteroatoms. The van der Waals surface area contributed by atoms with Gasteiger partial charge >= 0.3 is 0 Å². The van der Waals surface area contributed by atoms with Gasteiger partial charge in [-0.3, -0.25) is 4.79 Å². The molecule has 1 aromatic rings. The van der Waals surface area contributed by atoms with Crippen molar-refractivity contribution in [1.82, 2.24) is 4.98 Å². The van der Waals surface area contributed by atoms with Gasteiger partial charge in [-0.1, -0.05) is 11.6 Å². The van der Waals surface area contributed by atoms with Crippen molar-refractivity contribution >= 4 is 17.9 Å². The molecule has 0 saturated carbocycles. The van der Waals surface area contributed by atoms with Crippen LogP contribution >= 0.6 is 11.6 Å². The van der Waals surface area contributed by atoms with Gasteiger partial charge in [-0.25, -0.2) is 4.98 Å². The number of halogens is 1. The molecule has 3 nitrogen and oxygen atoms in total. The van der Waals surface area contributed by atoms with Crippen LogP contribution in [0.1, 0.15) is 10.4 Å². The molecule has 0 radical (unpaired) electrons. The summed E-state index contributed by atoms with van der Waals surface area (Å²) in [5.41, 5.74) is 0.0316. The Labute approximate surface area is 62.3 Å². The van der Waals surface area contributed by atoms with Crippen LogP contribution in [0.2, 0.25) is 5.15 Å². The highest BCUT2D eigenvalue weighted by atomic mass is 35.5. The molecule has 0 bridgehead atoms. The molecule has 0 aliphatic heterocycles. The normalized spacial score (nSPS) is 9.30. The number of carbonyl (C=O) groups is 1. The molecule has 1 rings (SSSR count). The first-order chi connectivity index (χ1) is 4.75. The molecule has 0 saturated heterocycles. The van der Waals surface area contributed by atoms with Crippen LogP contribution in [0.3, 0.4) is 0 Å². The lowest BCUT2D eigenvalue weighted by atomic mass is 10.3. The lowest BCUT2D eigenvalue weighted by Gasteiger charge is -1.95. The summed E-state index contributed by atoms with van der Waals surface area (Å²) in [6.07, 6.45) is 1.79. The molecule has 0 aliphatic carbocycles. The SMILES string of the molecule is O=Cc1c(O)ccnc1Cl. The zero-order valence-corrected chi connectivity index (χ0v) is 5.67. The van der Waals surface area contributed by atoms with Crippen LogP contribution in [0, 0.1) is 0 Å². The maximum atomic E-state index is 10.2. The van der Waals surface area contributed by atoms with Gasteiger partial charge in [-0.15, -0.1) is 0 Å². The largest absolute Gasteiger partial charge is 0.507 e. The Morgan fingerprint density at radius 1 is 1.70 bits per heavy atom. The zero-order valence-electron chi connectivity index (χ0n) is 4.91. The third-order valence-corrected chi connectivity index (χ3v) is 1.34.